The first-order chi connectivity index (χ1) is 21.8. The summed E-state index contributed by atoms with van der Waals surface area (Å²) in [6, 6.07) is 0. The molecular weight excluding hydrogens is 768 g/mol. The van der Waals surface area contributed by atoms with Gasteiger partial charge >= 0.3 is 31.4 Å². The molecule has 0 aliphatic carbocycles. The van der Waals surface area contributed by atoms with E-state index in [-0.39, 0.29) is 42.6 Å². The van der Waals surface area contributed by atoms with Crippen molar-refractivity contribution >= 4 is 79.9 Å². The zero-order valence-electron chi connectivity index (χ0n) is 29.5. The van der Waals surface area contributed by atoms with Crippen molar-refractivity contribution in [3.8, 4) is 0 Å². The van der Waals surface area contributed by atoms with Crippen LogP contribution in [0.15, 0.2) is 0 Å². The van der Waals surface area contributed by atoms with Gasteiger partial charge in [-0.05, 0) is 48.4 Å². The molecule has 2 unspecified atom stereocenters. The number of carbonyl (C=O) groups is 4. The molecule has 0 aromatic rings. The van der Waals surface area contributed by atoms with Gasteiger partial charge < -0.3 is 18.8 Å². The van der Waals surface area contributed by atoms with Gasteiger partial charge in [-0.1, -0.05) is 154 Å². The first-order valence-electron chi connectivity index (χ1n) is 17.3. The van der Waals surface area contributed by atoms with Crippen molar-refractivity contribution in [2.24, 2.45) is 0 Å². The van der Waals surface area contributed by atoms with Crippen molar-refractivity contribution in [1.29, 1.82) is 0 Å². The molecule has 0 fully saturated rings. The van der Waals surface area contributed by atoms with Crippen LogP contribution < -0.4 is 9.79 Å². The second-order valence-corrected chi connectivity index (χ2v) is 23.1. The molecule has 0 rings (SSSR count). The molecule has 0 bridgehead atoms. The molecule has 0 aliphatic heterocycles. The van der Waals surface area contributed by atoms with E-state index in [0.717, 1.165) is 116 Å². The molecule has 0 radical (unpaired) electrons. The normalized spacial score (nSPS) is 13.2. The molecule has 15 heteroatoms. The molecular formula is C32H60O8P2S4Zn. The van der Waals surface area contributed by atoms with Crippen molar-refractivity contribution in [3.63, 3.8) is 0 Å². The van der Waals surface area contributed by atoms with Gasteiger partial charge in [0.1, 0.15) is 11.4 Å². The maximum atomic E-state index is 12.0. The predicted molar refractivity (Wildman–Crippen MR) is 199 cm³/mol. The number of hydrogen-bond donors (Lipinski definition) is 0. The van der Waals surface area contributed by atoms with Gasteiger partial charge in [-0.25, -0.2) is 0 Å². The second kappa shape index (κ2) is 35.2. The smallest absolute Gasteiger partial charge is 0.783 e. The Morgan fingerprint density at radius 1 is 0.468 bits per heavy atom. The average molecular weight is 828 g/mol. The molecule has 272 valence electrons. The van der Waals surface area contributed by atoms with Crippen molar-refractivity contribution < 1.29 is 57.5 Å². The SMILES string of the molecule is CCCCCCCC(=O)OP([O-])(=S)SC(=O)CCCCCCC.CCCCCCCC(=O)OP([O-])(=S)SC(=O)CCCCCCC.[Zn+2]. The summed E-state index contributed by atoms with van der Waals surface area (Å²) in [5.41, 5.74) is -7.25. The Bertz CT molecular complexity index is 792. The summed E-state index contributed by atoms with van der Waals surface area (Å²) in [6.45, 7) is 8.51. The van der Waals surface area contributed by atoms with E-state index in [4.69, 9.17) is 32.7 Å². The van der Waals surface area contributed by atoms with Crippen LogP contribution in [0.2, 0.25) is 0 Å². The fraction of sp³-hybridized carbons (Fsp3) is 0.875. The van der Waals surface area contributed by atoms with Crippen LogP contribution >= 0.6 is 34.2 Å². The van der Waals surface area contributed by atoms with Crippen LogP contribution in [0.1, 0.15) is 182 Å². The summed E-state index contributed by atoms with van der Waals surface area (Å²) in [5, 5.41) is -0.480. The Hall–Kier alpha value is 0.823. The van der Waals surface area contributed by atoms with Gasteiger partial charge in [-0.15, -0.1) is 0 Å². The van der Waals surface area contributed by atoms with Crippen LogP contribution in [-0.2, 0) is 71.3 Å². The van der Waals surface area contributed by atoms with Crippen LogP contribution in [0, 0.1) is 0 Å². The zero-order chi connectivity index (χ0) is 35.1. The molecule has 0 amide bonds. The Labute approximate surface area is 317 Å². The summed E-state index contributed by atoms with van der Waals surface area (Å²) in [6.07, 6.45) is 21.5. The Morgan fingerprint density at radius 2 is 0.702 bits per heavy atom. The molecule has 8 nitrogen and oxygen atoms in total. The third kappa shape index (κ3) is 39.5. The molecule has 47 heavy (non-hydrogen) atoms. The summed E-state index contributed by atoms with van der Waals surface area (Å²) in [4.78, 5) is 70.8. The summed E-state index contributed by atoms with van der Waals surface area (Å²) in [7, 11) is 0. The van der Waals surface area contributed by atoms with Gasteiger partial charge in [0.25, 0.3) is 0 Å². The van der Waals surface area contributed by atoms with Gasteiger partial charge in [-0.2, -0.15) is 0 Å². The van der Waals surface area contributed by atoms with Gasteiger partial charge in [0, 0.05) is 25.7 Å². The number of unbranched alkanes of at least 4 members (excludes halogenated alkanes) is 16. The largest absolute Gasteiger partial charge is 2.00 e. The van der Waals surface area contributed by atoms with Crippen molar-refractivity contribution in [2.45, 2.75) is 182 Å². The first kappa shape index (κ1) is 52.2. The molecule has 0 N–H and O–H groups in total. The number of rotatable bonds is 28. The molecule has 0 heterocycles. The summed E-state index contributed by atoms with van der Waals surface area (Å²) < 4.78 is 9.67. The van der Waals surface area contributed by atoms with E-state index in [1.165, 1.54) is 0 Å². The summed E-state index contributed by atoms with van der Waals surface area (Å²) >= 11 is 10.6. The predicted octanol–water partition coefficient (Wildman–Crippen LogP) is 10.2. The van der Waals surface area contributed by atoms with E-state index in [2.05, 4.69) is 27.7 Å². The van der Waals surface area contributed by atoms with E-state index in [9.17, 15) is 29.0 Å². The van der Waals surface area contributed by atoms with Gasteiger partial charge in [0.05, 0.1) is 0 Å². The minimum absolute atomic E-state index is 0. The molecule has 2 atom stereocenters. The van der Waals surface area contributed by atoms with Crippen molar-refractivity contribution in [2.75, 3.05) is 0 Å². The fourth-order valence-electron chi connectivity index (χ4n) is 4.21. The third-order valence-electron chi connectivity index (χ3n) is 6.79. The van der Waals surface area contributed by atoms with Crippen LogP contribution in [0.4, 0.5) is 0 Å². The Kier molecular flexibility index (Phi) is 39.1. The molecule has 0 saturated heterocycles. The molecule has 0 saturated carbocycles. The van der Waals surface area contributed by atoms with Crippen LogP contribution in [0.25, 0.3) is 0 Å². The van der Waals surface area contributed by atoms with Crippen molar-refractivity contribution in [1.82, 2.24) is 0 Å². The monoisotopic (exact) mass is 826 g/mol. The van der Waals surface area contributed by atoms with E-state index >= 15 is 0 Å². The molecule has 0 aromatic heterocycles. The van der Waals surface area contributed by atoms with E-state index in [1.807, 2.05) is 0 Å². The van der Waals surface area contributed by atoms with E-state index in [0.29, 0.717) is 48.4 Å². The molecule has 0 aliphatic rings. The fourth-order valence-corrected chi connectivity index (χ4v) is 10.7. The Morgan fingerprint density at radius 3 is 0.957 bits per heavy atom. The molecule has 0 aromatic carbocycles. The topological polar surface area (TPSA) is 133 Å². The minimum Gasteiger partial charge on any atom is -0.783 e. The average Bonchev–Trinajstić information content (AvgIpc) is 2.96. The second-order valence-electron chi connectivity index (χ2n) is 11.4. The first-order valence-corrected chi connectivity index (χ1v) is 25.5. The number of hydrogen-bond acceptors (Lipinski definition) is 12. The maximum absolute atomic E-state index is 12.0. The summed E-state index contributed by atoms with van der Waals surface area (Å²) in [5.74, 6) is -1.11. The van der Waals surface area contributed by atoms with E-state index < -0.39 is 23.3 Å². The van der Waals surface area contributed by atoms with Crippen LogP contribution in [0.3, 0.4) is 0 Å². The Balaban J connectivity index is -0.000000807. The van der Waals surface area contributed by atoms with Gasteiger partial charge in [0.2, 0.25) is 0 Å². The number of carbonyl (C=O) groups excluding carboxylic acids is 4. The standard InChI is InChI=1S/2C16H31O4PS2.Zn/c2*1-3-5-7-9-11-13-15(17)20-21(19,22)23-16(18)14-12-10-8-6-4-2;/h2*3-14H2,1-2H3,(H,19,22);/q;;+2/p-2. The van der Waals surface area contributed by atoms with Gasteiger partial charge in [0.15, 0.2) is 10.2 Å². The third-order valence-corrected chi connectivity index (χ3v) is 13.7. The van der Waals surface area contributed by atoms with Crippen LogP contribution in [-0.4, -0.2) is 22.2 Å². The van der Waals surface area contributed by atoms with E-state index in [1.54, 1.807) is 0 Å². The van der Waals surface area contributed by atoms with Crippen molar-refractivity contribution in [3.05, 3.63) is 0 Å². The van der Waals surface area contributed by atoms with Crippen LogP contribution in [0.5, 0.6) is 0 Å². The molecule has 0 spiro atoms. The van der Waals surface area contributed by atoms with Gasteiger partial charge in [-0.3, -0.25) is 19.2 Å². The quantitative estimate of drug-likeness (QED) is 0.0422. The maximum Gasteiger partial charge on any atom is 2.00 e. The minimum atomic E-state index is -3.63. The zero-order valence-corrected chi connectivity index (χ0v) is 37.5.